The lowest BCUT2D eigenvalue weighted by Gasteiger charge is -2.33. The molecule has 0 bridgehead atoms. The van der Waals surface area contributed by atoms with Crippen LogP contribution in [0.5, 0.6) is 0 Å². The van der Waals surface area contributed by atoms with E-state index in [1.54, 1.807) is 12.4 Å². The highest BCUT2D eigenvalue weighted by molar-refractivity contribution is 5.93. The Bertz CT molecular complexity index is 830. The summed E-state index contributed by atoms with van der Waals surface area (Å²) in [5, 5.41) is 0. The lowest BCUT2D eigenvalue weighted by atomic mass is 10.1. The van der Waals surface area contributed by atoms with Gasteiger partial charge in [-0.3, -0.25) is 9.78 Å². The minimum absolute atomic E-state index is 0.0481. The van der Waals surface area contributed by atoms with Gasteiger partial charge in [0.25, 0.3) is 5.91 Å². The lowest BCUT2D eigenvalue weighted by molar-refractivity contribution is 0.0673. The van der Waals surface area contributed by atoms with E-state index in [0.29, 0.717) is 12.2 Å². The Balaban J connectivity index is 1.57. The van der Waals surface area contributed by atoms with Crippen LogP contribution in [0, 0.1) is 0 Å². The fourth-order valence-corrected chi connectivity index (χ4v) is 3.09. The standard InChI is InChI=1S/C17H17N5O/c23-17(16-10-19-14-5-1-2-6-15(14)20-16)21-8-3-4-13(11-21)22-9-7-18-12-22/h1-2,5-7,9-10,12-13H,3-4,8,11H2/t13-/m1/s1. The smallest absolute Gasteiger partial charge is 0.274 e. The van der Waals surface area contributed by atoms with Crippen LogP contribution in [0.25, 0.3) is 11.0 Å². The van der Waals surface area contributed by atoms with E-state index in [2.05, 4.69) is 19.5 Å². The summed E-state index contributed by atoms with van der Waals surface area (Å²) in [6.07, 6.45) is 9.16. The molecule has 23 heavy (non-hydrogen) atoms. The number of nitrogens with zero attached hydrogens (tertiary/aromatic N) is 5. The van der Waals surface area contributed by atoms with Crippen LogP contribution in [-0.2, 0) is 0 Å². The van der Waals surface area contributed by atoms with Gasteiger partial charge in [0, 0.05) is 25.5 Å². The molecule has 1 amide bonds. The average Bonchev–Trinajstić information content (AvgIpc) is 3.15. The van der Waals surface area contributed by atoms with Gasteiger partial charge in [-0.1, -0.05) is 12.1 Å². The Morgan fingerprint density at radius 3 is 2.91 bits per heavy atom. The van der Waals surface area contributed by atoms with Crippen molar-refractivity contribution in [1.29, 1.82) is 0 Å². The van der Waals surface area contributed by atoms with E-state index in [0.717, 1.165) is 30.4 Å². The third-order valence-electron chi connectivity index (χ3n) is 4.30. The summed E-state index contributed by atoms with van der Waals surface area (Å²) in [5.41, 5.74) is 1.97. The van der Waals surface area contributed by atoms with Crippen molar-refractivity contribution >= 4 is 16.9 Å². The first-order chi connectivity index (χ1) is 11.3. The minimum atomic E-state index is -0.0481. The fraction of sp³-hybridized carbons (Fsp3) is 0.294. The van der Waals surface area contributed by atoms with Gasteiger partial charge in [0.2, 0.25) is 0 Å². The van der Waals surface area contributed by atoms with Crippen molar-refractivity contribution in [3.63, 3.8) is 0 Å². The molecule has 1 saturated heterocycles. The molecule has 6 nitrogen and oxygen atoms in total. The molecular formula is C17H17N5O. The lowest BCUT2D eigenvalue weighted by Crippen LogP contribution is -2.40. The number of piperidine rings is 1. The van der Waals surface area contributed by atoms with Crippen LogP contribution in [0.2, 0.25) is 0 Å². The zero-order chi connectivity index (χ0) is 15.6. The molecule has 1 atom stereocenters. The maximum atomic E-state index is 12.8. The Labute approximate surface area is 133 Å². The first kappa shape index (κ1) is 13.9. The number of hydrogen-bond acceptors (Lipinski definition) is 4. The van der Waals surface area contributed by atoms with E-state index in [1.165, 1.54) is 0 Å². The first-order valence-corrected chi connectivity index (χ1v) is 7.80. The molecular weight excluding hydrogens is 290 g/mol. The van der Waals surface area contributed by atoms with E-state index in [4.69, 9.17) is 0 Å². The number of carbonyl (C=O) groups is 1. The number of rotatable bonds is 2. The number of imidazole rings is 1. The highest BCUT2D eigenvalue weighted by Gasteiger charge is 2.26. The fourth-order valence-electron chi connectivity index (χ4n) is 3.09. The largest absolute Gasteiger partial charge is 0.335 e. The van der Waals surface area contributed by atoms with E-state index in [1.807, 2.05) is 41.7 Å². The van der Waals surface area contributed by atoms with E-state index in [9.17, 15) is 4.79 Å². The van der Waals surface area contributed by atoms with Gasteiger partial charge in [0.1, 0.15) is 5.69 Å². The van der Waals surface area contributed by atoms with Gasteiger partial charge < -0.3 is 9.47 Å². The average molecular weight is 307 g/mol. The van der Waals surface area contributed by atoms with Crippen molar-refractivity contribution in [2.24, 2.45) is 0 Å². The van der Waals surface area contributed by atoms with Gasteiger partial charge in [-0.15, -0.1) is 0 Å². The van der Waals surface area contributed by atoms with Crippen LogP contribution in [0.1, 0.15) is 29.4 Å². The monoisotopic (exact) mass is 307 g/mol. The molecule has 0 spiro atoms. The van der Waals surface area contributed by atoms with Gasteiger partial charge in [-0.05, 0) is 25.0 Å². The minimum Gasteiger partial charge on any atom is -0.335 e. The second-order valence-electron chi connectivity index (χ2n) is 5.80. The number of hydrogen-bond donors (Lipinski definition) is 0. The highest BCUT2D eigenvalue weighted by atomic mass is 16.2. The maximum Gasteiger partial charge on any atom is 0.274 e. The van der Waals surface area contributed by atoms with E-state index in [-0.39, 0.29) is 11.9 Å². The molecule has 4 rings (SSSR count). The number of amides is 1. The molecule has 0 aliphatic carbocycles. The van der Waals surface area contributed by atoms with Crippen LogP contribution in [0.15, 0.2) is 49.2 Å². The number of carbonyl (C=O) groups excluding carboxylic acids is 1. The Kier molecular flexibility index (Phi) is 3.49. The molecule has 1 aliphatic heterocycles. The predicted molar refractivity (Wildman–Crippen MR) is 85.9 cm³/mol. The van der Waals surface area contributed by atoms with Crippen LogP contribution in [-0.4, -0.2) is 43.4 Å². The van der Waals surface area contributed by atoms with Crippen LogP contribution >= 0.6 is 0 Å². The number of aromatic nitrogens is 4. The Morgan fingerprint density at radius 1 is 1.22 bits per heavy atom. The molecule has 0 unspecified atom stereocenters. The second kappa shape index (κ2) is 5.79. The van der Waals surface area contributed by atoms with Crippen LogP contribution in [0.3, 0.4) is 0 Å². The van der Waals surface area contributed by atoms with Crippen LogP contribution < -0.4 is 0 Å². The number of fused-ring (bicyclic) bond motifs is 1. The topological polar surface area (TPSA) is 63.9 Å². The molecule has 6 heteroatoms. The number of likely N-dealkylation sites (tertiary alicyclic amines) is 1. The van der Waals surface area contributed by atoms with Gasteiger partial charge in [-0.2, -0.15) is 0 Å². The van der Waals surface area contributed by atoms with Crippen molar-refractivity contribution in [3.05, 3.63) is 54.9 Å². The summed E-state index contributed by atoms with van der Waals surface area (Å²) in [6.45, 7) is 1.45. The molecule has 0 saturated carbocycles. The quantitative estimate of drug-likeness (QED) is 0.729. The summed E-state index contributed by atoms with van der Waals surface area (Å²) in [6, 6.07) is 7.87. The summed E-state index contributed by atoms with van der Waals surface area (Å²) >= 11 is 0. The number of para-hydroxylation sites is 2. The Hall–Kier alpha value is -2.76. The van der Waals surface area contributed by atoms with Gasteiger partial charge >= 0.3 is 0 Å². The van der Waals surface area contributed by atoms with Crippen LogP contribution in [0.4, 0.5) is 0 Å². The number of benzene rings is 1. The predicted octanol–water partition coefficient (Wildman–Crippen LogP) is 2.30. The SMILES string of the molecule is O=C(c1cnc2ccccc2n1)N1CCC[C@@H](n2ccnc2)C1. The summed E-state index contributed by atoms with van der Waals surface area (Å²) in [5.74, 6) is -0.0481. The molecule has 2 aromatic heterocycles. The summed E-state index contributed by atoms with van der Waals surface area (Å²) < 4.78 is 2.07. The van der Waals surface area contributed by atoms with E-state index < -0.39 is 0 Å². The van der Waals surface area contributed by atoms with Crippen molar-refractivity contribution in [2.75, 3.05) is 13.1 Å². The van der Waals surface area contributed by atoms with Gasteiger partial charge in [0.05, 0.1) is 29.6 Å². The third kappa shape index (κ3) is 2.67. The third-order valence-corrected chi connectivity index (χ3v) is 4.30. The molecule has 1 aliphatic rings. The normalized spacial score (nSPS) is 18.3. The zero-order valence-electron chi connectivity index (χ0n) is 12.7. The van der Waals surface area contributed by atoms with Crippen molar-refractivity contribution in [3.8, 4) is 0 Å². The maximum absolute atomic E-state index is 12.8. The molecule has 3 heterocycles. The zero-order valence-corrected chi connectivity index (χ0v) is 12.7. The molecule has 1 fully saturated rings. The van der Waals surface area contributed by atoms with Crippen molar-refractivity contribution < 1.29 is 4.79 Å². The highest BCUT2D eigenvalue weighted by Crippen LogP contribution is 2.22. The van der Waals surface area contributed by atoms with Gasteiger partial charge in [-0.25, -0.2) is 9.97 Å². The molecule has 116 valence electrons. The molecule has 1 aromatic carbocycles. The Morgan fingerprint density at radius 2 is 2.09 bits per heavy atom. The van der Waals surface area contributed by atoms with Crippen molar-refractivity contribution in [2.45, 2.75) is 18.9 Å². The van der Waals surface area contributed by atoms with E-state index >= 15 is 0 Å². The first-order valence-electron chi connectivity index (χ1n) is 7.80. The van der Waals surface area contributed by atoms with Gasteiger partial charge in [0.15, 0.2) is 0 Å². The molecule has 3 aromatic rings. The molecule has 0 N–H and O–H groups in total. The summed E-state index contributed by atoms with van der Waals surface area (Å²) in [4.78, 5) is 27.5. The van der Waals surface area contributed by atoms with Crippen molar-refractivity contribution in [1.82, 2.24) is 24.4 Å². The molecule has 0 radical (unpaired) electrons. The second-order valence-corrected chi connectivity index (χ2v) is 5.80. The summed E-state index contributed by atoms with van der Waals surface area (Å²) in [7, 11) is 0.